The molecule has 0 fully saturated rings. The molecule has 0 aliphatic heterocycles. The van der Waals surface area contributed by atoms with Crippen molar-refractivity contribution in [3.63, 3.8) is 0 Å². The molecule has 0 spiro atoms. The Hall–Kier alpha value is -2.30. The van der Waals surface area contributed by atoms with E-state index in [1.807, 2.05) is 33.8 Å². The average molecular weight is 337 g/mol. The number of halogens is 3. The van der Waals surface area contributed by atoms with Gasteiger partial charge in [-0.05, 0) is 54.8 Å². The van der Waals surface area contributed by atoms with Crippen molar-refractivity contribution in [2.75, 3.05) is 5.32 Å². The second kappa shape index (κ2) is 8.52. The highest BCUT2D eigenvalue weighted by molar-refractivity contribution is 6.04. The predicted octanol–water partition coefficient (Wildman–Crippen LogP) is 5.85. The quantitative estimate of drug-likeness (QED) is 0.747. The molecular formula is C19H22F3NO. The Bertz CT molecular complexity index is 693. The van der Waals surface area contributed by atoms with Crippen molar-refractivity contribution in [3.8, 4) is 0 Å². The number of nitrogens with one attached hydrogen (secondary N) is 1. The van der Waals surface area contributed by atoms with E-state index in [1.54, 1.807) is 12.1 Å². The highest BCUT2D eigenvalue weighted by atomic mass is 19.4. The lowest BCUT2D eigenvalue weighted by Crippen LogP contribution is -2.13. The highest BCUT2D eigenvalue weighted by Gasteiger charge is 2.30. The number of rotatable bonds is 3. The molecule has 0 saturated carbocycles. The van der Waals surface area contributed by atoms with Crippen molar-refractivity contribution in [1.82, 2.24) is 0 Å². The van der Waals surface area contributed by atoms with Gasteiger partial charge in [0.15, 0.2) is 0 Å². The van der Waals surface area contributed by atoms with Gasteiger partial charge in [-0.15, -0.1) is 0 Å². The summed E-state index contributed by atoms with van der Waals surface area (Å²) in [6.07, 6.45) is -3.57. The maximum atomic E-state index is 12.7. The third-order valence-corrected chi connectivity index (χ3v) is 3.43. The van der Waals surface area contributed by atoms with E-state index >= 15 is 0 Å². The Kier molecular flexibility index (Phi) is 7.01. The molecule has 0 aromatic heterocycles. The van der Waals surface area contributed by atoms with Gasteiger partial charge in [-0.1, -0.05) is 32.9 Å². The van der Waals surface area contributed by atoms with Crippen LogP contribution in [0.4, 0.5) is 18.9 Å². The van der Waals surface area contributed by atoms with Crippen LogP contribution in [-0.4, -0.2) is 5.91 Å². The number of hydrogen-bond acceptors (Lipinski definition) is 1. The maximum absolute atomic E-state index is 12.7. The molecule has 0 aliphatic rings. The Labute approximate surface area is 140 Å². The fourth-order valence-corrected chi connectivity index (χ4v) is 2.21. The molecule has 0 unspecified atom stereocenters. The van der Waals surface area contributed by atoms with Gasteiger partial charge >= 0.3 is 6.18 Å². The second-order valence-corrected chi connectivity index (χ2v) is 5.03. The highest BCUT2D eigenvalue weighted by Crippen LogP contribution is 2.30. The minimum absolute atomic E-state index is 0.122. The van der Waals surface area contributed by atoms with Crippen LogP contribution >= 0.6 is 0 Å². The van der Waals surface area contributed by atoms with Crippen LogP contribution in [-0.2, 0) is 12.6 Å². The molecule has 2 nitrogen and oxygen atoms in total. The third-order valence-electron chi connectivity index (χ3n) is 3.43. The first kappa shape index (κ1) is 19.7. The molecule has 1 amide bonds. The lowest BCUT2D eigenvalue weighted by molar-refractivity contribution is -0.137. The van der Waals surface area contributed by atoms with Crippen LogP contribution in [0.5, 0.6) is 0 Å². The summed E-state index contributed by atoms with van der Waals surface area (Å²) < 4.78 is 38.0. The van der Waals surface area contributed by atoms with Gasteiger partial charge in [0, 0.05) is 11.3 Å². The number of benzene rings is 2. The van der Waals surface area contributed by atoms with Crippen LogP contribution in [0, 0.1) is 6.92 Å². The van der Waals surface area contributed by atoms with E-state index in [4.69, 9.17) is 0 Å². The predicted molar refractivity (Wildman–Crippen MR) is 91.3 cm³/mol. The van der Waals surface area contributed by atoms with Crippen molar-refractivity contribution in [3.05, 3.63) is 64.7 Å². The van der Waals surface area contributed by atoms with Gasteiger partial charge in [-0.25, -0.2) is 0 Å². The Morgan fingerprint density at radius 2 is 1.75 bits per heavy atom. The summed E-state index contributed by atoms with van der Waals surface area (Å²) >= 11 is 0. The molecule has 0 radical (unpaired) electrons. The largest absolute Gasteiger partial charge is 0.416 e. The zero-order chi connectivity index (χ0) is 18.3. The van der Waals surface area contributed by atoms with Crippen LogP contribution in [0.1, 0.15) is 47.8 Å². The topological polar surface area (TPSA) is 29.1 Å². The van der Waals surface area contributed by atoms with Crippen molar-refractivity contribution in [2.24, 2.45) is 0 Å². The summed E-state index contributed by atoms with van der Waals surface area (Å²) in [5.74, 6) is -0.426. The van der Waals surface area contributed by atoms with E-state index in [2.05, 4.69) is 5.32 Å². The molecule has 0 saturated heterocycles. The minimum Gasteiger partial charge on any atom is -0.322 e. The van der Waals surface area contributed by atoms with E-state index in [9.17, 15) is 18.0 Å². The molecule has 2 aromatic rings. The van der Waals surface area contributed by atoms with Crippen LogP contribution in [0.3, 0.4) is 0 Å². The molecule has 130 valence electrons. The van der Waals surface area contributed by atoms with E-state index < -0.39 is 17.6 Å². The standard InChI is InChI=1S/C17H16F3NO.C2H6/c1-3-12-7-8-13(9-11(12)2)16(22)21-15-6-4-5-14(10-15)17(18,19)20;1-2/h4-10H,3H2,1-2H3,(H,21,22);1-2H3. The molecule has 5 heteroatoms. The Morgan fingerprint density at radius 1 is 1.08 bits per heavy atom. The SMILES string of the molecule is CC.CCc1ccc(C(=O)Nc2cccc(C(F)(F)F)c2)cc1C. The fourth-order valence-electron chi connectivity index (χ4n) is 2.21. The molecule has 2 rings (SSSR count). The Morgan fingerprint density at radius 3 is 2.29 bits per heavy atom. The van der Waals surface area contributed by atoms with E-state index in [0.29, 0.717) is 5.56 Å². The summed E-state index contributed by atoms with van der Waals surface area (Å²) in [4.78, 5) is 12.1. The first-order valence-corrected chi connectivity index (χ1v) is 7.89. The minimum atomic E-state index is -4.43. The number of carbonyl (C=O) groups excluding carboxylic acids is 1. The van der Waals surface area contributed by atoms with Crippen molar-refractivity contribution < 1.29 is 18.0 Å². The van der Waals surface area contributed by atoms with Gasteiger partial charge in [0.1, 0.15) is 0 Å². The molecule has 24 heavy (non-hydrogen) atoms. The fraction of sp³-hybridized carbons (Fsp3) is 0.316. The number of alkyl halides is 3. The number of anilines is 1. The first-order chi connectivity index (χ1) is 11.3. The molecule has 0 heterocycles. The molecule has 1 N–H and O–H groups in total. The maximum Gasteiger partial charge on any atom is 0.416 e. The van der Waals surface area contributed by atoms with Crippen molar-refractivity contribution in [2.45, 2.75) is 40.3 Å². The van der Waals surface area contributed by atoms with Crippen LogP contribution in [0.2, 0.25) is 0 Å². The van der Waals surface area contributed by atoms with E-state index in [-0.39, 0.29) is 5.69 Å². The lowest BCUT2D eigenvalue weighted by Gasteiger charge is -2.11. The van der Waals surface area contributed by atoms with Gasteiger partial charge in [0.05, 0.1) is 5.56 Å². The van der Waals surface area contributed by atoms with Crippen LogP contribution in [0.25, 0.3) is 0 Å². The third kappa shape index (κ3) is 5.11. The molecule has 0 atom stereocenters. The van der Waals surface area contributed by atoms with Crippen LogP contribution in [0.15, 0.2) is 42.5 Å². The number of aryl methyl sites for hydroxylation is 2. The first-order valence-electron chi connectivity index (χ1n) is 7.89. The summed E-state index contributed by atoms with van der Waals surface area (Å²) in [7, 11) is 0. The van der Waals surface area contributed by atoms with Crippen molar-refractivity contribution >= 4 is 11.6 Å². The number of carbonyl (C=O) groups is 1. The normalized spacial score (nSPS) is 10.6. The van der Waals surface area contributed by atoms with Gasteiger partial charge < -0.3 is 5.32 Å². The molecule has 2 aromatic carbocycles. The zero-order valence-electron chi connectivity index (χ0n) is 14.3. The second-order valence-electron chi connectivity index (χ2n) is 5.03. The van der Waals surface area contributed by atoms with Gasteiger partial charge in [-0.2, -0.15) is 13.2 Å². The smallest absolute Gasteiger partial charge is 0.322 e. The van der Waals surface area contributed by atoms with Gasteiger partial charge in [0.25, 0.3) is 5.91 Å². The summed E-state index contributed by atoms with van der Waals surface area (Å²) in [6.45, 7) is 7.92. The summed E-state index contributed by atoms with van der Waals surface area (Å²) in [5, 5.41) is 2.50. The summed E-state index contributed by atoms with van der Waals surface area (Å²) in [5.41, 5.74) is 1.88. The Balaban J connectivity index is 0.00000139. The average Bonchev–Trinajstić information content (AvgIpc) is 2.56. The summed E-state index contributed by atoms with van der Waals surface area (Å²) in [6, 6.07) is 9.86. The molecule has 0 bridgehead atoms. The number of amides is 1. The van der Waals surface area contributed by atoms with Gasteiger partial charge in [-0.3, -0.25) is 4.79 Å². The van der Waals surface area contributed by atoms with Crippen LogP contribution < -0.4 is 5.32 Å². The number of hydrogen-bond donors (Lipinski definition) is 1. The molecular weight excluding hydrogens is 315 g/mol. The zero-order valence-corrected chi connectivity index (χ0v) is 14.3. The van der Waals surface area contributed by atoms with E-state index in [0.717, 1.165) is 29.7 Å². The molecule has 0 aliphatic carbocycles. The monoisotopic (exact) mass is 337 g/mol. The van der Waals surface area contributed by atoms with Gasteiger partial charge in [0.2, 0.25) is 0 Å². The van der Waals surface area contributed by atoms with Crippen molar-refractivity contribution in [1.29, 1.82) is 0 Å². The lowest BCUT2D eigenvalue weighted by atomic mass is 10.0. The van der Waals surface area contributed by atoms with E-state index in [1.165, 1.54) is 12.1 Å².